The minimum Gasteiger partial charge on any atom is -0.489 e. The average molecular weight is 348 g/mol. The fourth-order valence-electron chi connectivity index (χ4n) is 2.81. The highest BCUT2D eigenvalue weighted by molar-refractivity contribution is 6.32. The highest BCUT2D eigenvalue weighted by Crippen LogP contribution is 2.31. The van der Waals surface area contributed by atoms with Crippen molar-refractivity contribution in [1.29, 1.82) is 0 Å². The number of hydrogen-bond donors (Lipinski definition) is 0. The lowest BCUT2D eigenvalue weighted by Gasteiger charge is -2.32. The summed E-state index contributed by atoms with van der Waals surface area (Å²) < 4.78 is 5.93. The first-order valence-electron chi connectivity index (χ1n) is 7.83. The van der Waals surface area contributed by atoms with Gasteiger partial charge < -0.3 is 4.74 Å². The van der Waals surface area contributed by atoms with E-state index in [2.05, 4.69) is 16.0 Å². The van der Waals surface area contributed by atoms with Crippen LogP contribution in [0.5, 0.6) is 5.75 Å². The van der Waals surface area contributed by atoms with Gasteiger partial charge in [0.2, 0.25) is 0 Å². The van der Waals surface area contributed by atoms with Gasteiger partial charge in [-0.15, -0.1) is 0 Å². The normalized spacial score (nSPS) is 16.0. The summed E-state index contributed by atoms with van der Waals surface area (Å²) in [7, 11) is 0. The molecule has 1 saturated heterocycles. The summed E-state index contributed by atoms with van der Waals surface area (Å²) in [6.07, 6.45) is 5.53. The second-order valence-corrected chi connectivity index (χ2v) is 6.23. The highest BCUT2D eigenvalue weighted by atomic mass is 35.5. The standard InChI is InChI=1S/C17H18ClN3O3/c18-16-10-14(21(22)23)3-4-17(16)24-15-5-8-20(9-6-15)12-13-2-1-7-19-11-13/h1-4,7,10-11,15H,5-6,8-9,12H2. The molecule has 1 aromatic heterocycles. The number of pyridine rings is 1. The van der Waals surface area contributed by atoms with E-state index in [9.17, 15) is 10.1 Å². The van der Waals surface area contributed by atoms with Gasteiger partial charge in [-0.25, -0.2) is 0 Å². The number of nitrogens with zero attached hydrogens (tertiary/aromatic N) is 3. The number of hydrogen-bond acceptors (Lipinski definition) is 5. The molecule has 6 nitrogen and oxygen atoms in total. The van der Waals surface area contributed by atoms with Crippen LogP contribution in [0, 0.1) is 10.1 Å². The first-order chi connectivity index (χ1) is 11.6. The summed E-state index contributed by atoms with van der Waals surface area (Å²) >= 11 is 6.08. The minimum absolute atomic E-state index is 0.0290. The summed E-state index contributed by atoms with van der Waals surface area (Å²) in [4.78, 5) is 16.8. The number of rotatable bonds is 5. The summed E-state index contributed by atoms with van der Waals surface area (Å²) in [5.74, 6) is 0.507. The lowest BCUT2D eigenvalue weighted by Crippen LogP contribution is -2.37. The minimum atomic E-state index is -0.466. The molecule has 0 radical (unpaired) electrons. The fraction of sp³-hybridized carbons (Fsp3) is 0.353. The molecule has 0 saturated carbocycles. The molecule has 0 aliphatic carbocycles. The van der Waals surface area contributed by atoms with Crippen LogP contribution in [0.3, 0.4) is 0 Å². The van der Waals surface area contributed by atoms with Crippen LogP contribution in [0.25, 0.3) is 0 Å². The number of piperidine rings is 1. The Kier molecular flexibility index (Phi) is 5.27. The zero-order valence-corrected chi connectivity index (χ0v) is 13.9. The molecule has 7 heteroatoms. The van der Waals surface area contributed by atoms with Crippen LogP contribution >= 0.6 is 11.6 Å². The number of benzene rings is 1. The maximum atomic E-state index is 10.7. The number of halogens is 1. The third kappa shape index (κ3) is 4.21. The van der Waals surface area contributed by atoms with Gasteiger partial charge >= 0.3 is 0 Å². The van der Waals surface area contributed by atoms with Crippen molar-refractivity contribution < 1.29 is 9.66 Å². The highest BCUT2D eigenvalue weighted by Gasteiger charge is 2.22. The summed E-state index contributed by atoms with van der Waals surface area (Å²) in [6.45, 7) is 2.76. The van der Waals surface area contributed by atoms with Crippen LogP contribution in [0.4, 0.5) is 5.69 Å². The molecule has 0 unspecified atom stereocenters. The second-order valence-electron chi connectivity index (χ2n) is 5.83. The molecule has 1 aliphatic rings. The van der Waals surface area contributed by atoms with Gasteiger partial charge in [0, 0.05) is 44.2 Å². The Morgan fingerprint density at radius 2 is 2.12 bits per heavy atom. The van der Waals surface area contributed by atoms with Crippen molar-refractivity contribution in [3.63, 3.8) is 0 Å². The fourth-order valence-corrected chi connectivity index (χ4v) is 3.03. The molecule has 0 spiro atoms. The van der Waals surface area contributed by atoms with Gasteiger partial charge in [0.25, 0.3) is 5.69 Å². The van der Waals surface area contributed by atoms with Gasteiger partial charge in [0.1, 0.15) is 11.9 Å². The Morgan fingerprint density at radius 1 is 1.33 bits per heavy atom. The van der Waals surface area contributed by atoms with E-state index < -0.39 is 4.92 Å². The molecule has 1 fully saturated rings. The van der Waals surface area contributed by atoms with Crippen molar-refractivity contribution in [2.45, 2.75) is 25.5 Å². The van der Waals surface area contributed by atoms with E-state index in [0.29, 0.717) is 5.75 Å². The predicted octanol–water partition coefficient (Wildman–Crippen LogP) is 3.69. The van der Waals surface area contributed by atoms with Gasteiger partial charge in [-0.05, 0) is 30.5 Å². The summed E-state index contributed by atoms with van der Waals surface area (Å²) in [6, 6.07) is 8.34. The SMILES string of the molecule is O=[N+]([O-])c1ccc(OC2CCN(Cc3cccnc3)CC2)c(Cl)c1. The molecular weight excluding hydrogens is 330 g/mol. The Balaban J connectivity index is 1.53. The third-order valence-corrected chi connectivity index (χ3v) is 4.38. The molecule has 0 N–H and O–H groups in total. The van der Waals surface area contributed by atoms with Gasteiger partial charge in [0.05, 0.1) is 9.95 Å². The molecule has 2 aromatic rings. The Hall–Kier alpha value is -2.18. The first kappa shape index (κ1) is 16.7. The smallest absolute Gasteiger partial charge is 0.271 e. The molecule has 0 amide bonds. The molecule has 2 heterocycles. The van der Waals surface area contributed by atoms with Crippen LogP contribution in [-0.2, 0) is 6.54 Å². The van der Waals surface area contributed by atoms with Crippen LogP contribution in [0.2, 0.25) is 5.02 Å². The molecular formula is C17H18ClN3O3. The lowest BCUT2D eigenvalue weighted by atomic mass is 10.1. The lowest BCUT2D eigenvalue weighted by molar-refractivity contribution is -0.384. The second kappa shape index (κ2) is 7.59. The topological polar surface area (TPSA) is 68.5 Å². The molecule has 0 atom stereocenters. The van der Waals surface area contributed by atoms with Crippen molar-refractivity contribution in [2.75, 3.05) is 13.1 Å². The van der Waals surface area contributed by atoms with Crippen molar-refractivity contribution in [3.05, 3.63) is 63.4 Å². The number of non-ortho nitro benzene ring substituents is 1. The Bertz CT molecular complexity index is 703. The van der Waals surface area contributed by atoms with Gasteiger partial charge in [-0.3, -0.25) is 20.0 Å². The van der Waals surface area contributed by atoms with E-state index >= 15 is 0 Å². The number of likely N-dealkylation sites (tertiary alicyclic amines) is 1. The van der Waals surface area contributed by atoms with Gasteiger partial charge in [0.15, 0.2) is 0 Å². The van der Waals surface area contributed by atoms with E-state index in [1.54, 1.807) is 12.3 Å². The zero-order valence-electron chi connectivity index (χ0n) is 13.1. The maximum Gasteiger partial charge on any atom is 0.271 e. The largest absolute Gasteiger partial charge is 0.489 e. The molecule has 1 aromatic carbocycles. The summed E-state index contributed by atoms with van der Waals surface area (Å²) in [5.41, 5.74) is 1.17. The number of ether oxygens (including phenoxy) is 1. The molecule has 0 bridgehead atoms. The molecule has 3 rings (SSSR count). The average Bonchev–Trinajstić information content (AvgIpc) is 2.59. The van der Waals surface area contributed by atoms with Crippen LogP contribution in [0.1, 0.15) is 18.4 Å². The van der Waals surface area contributed by atoms with Crippen molar-refractivity contribution in [2.24, 2.45) is 0 Å². The quantitative estimate of drug-likeness (QED) is 0.609. The third-order valence-electron chi connectivity index (χ3n) is 4.08. The van der Waals surface area contributed by atoms with Gasteiger partial charge in [-0.2, -0.15) is 0 Å². The monoisotopic (exact) mass is 347 g/mol. The molecule has 24 heavy (non-hydrogen) atoms. The maximum absolute atomic E-state index is 10.7. The molecule has 1 aliphatic heterocycles. The predicted molar refractivity (Wildman–Crippen MR) is 91.3 cm³/mol. The number of nitro groups is 1. The Morgan fingerprint density at radius 3 is 2.75 bits per heavy atom. The van der Waals surface area contributed by atoms with Crippen molar-refractivity contribution >= 4 is 17.3 Å². The van der Waals surface area contributed by atoms with Crippen molar-refractivity contribution in [3.8, 4) is 5.75 Å². The Labute approximate surface area is 145 Å². The van der Waals surface area contributed by atoms with E-state index in [-0.39, 0.29) is 16.8 Å². The van der Waals surface area contributed by atoms with Crippen LogP contribution < -0.4 is 4.74 Å². The van der Waals surface area contributed by atoms with E-state index in [4.69, 9.17) is 16.3 Å². The van der Waals surface area contributed by atoms with Crippen LogP contribution in [0.15, 0.2) is 42.7 Å². The van der Waals surface area contributed by atoms with E-state index in [1.807, 2.05) is 12.3 Å². The first-order valence-corrected chi connectivity index (χ1v) is 8.21. The zero-order chi connectivity index (χ0) is 16.9. The van der Waals surface area contributed by atoms with Crippen LogP contribution in [-0.4, -0.2) is 34.0 Å². The summed E-state index contributed by atoms with van der Waals surface area (Å²) in [5, 5.41) is 11.0. The van der Waals surface area contributed by atoms with Crippen molar-refractivity contribution in [1.82, 2.24) is 9.88 Å². The van der Waals surface area contributed by atoms with E-state index in [0.717, 1.165) is 32.5 Å². The number of nitro benzene ring substituents is 1. The van der Waals surface area contributed by atoms with E-state index in [1.165, 1.54) is 17.7 Å². The number of aromatic nitrogens is 1. The molecule has 126 valence electrons. The van der Waals surface area contributed by atoms with Gasteiger partial charge in [-0.1, -0.05) is 17.7 Å².